The fraction of sp³-hybridized carbons (Fsp3) is 0.0556. The van der Waals surface area contributed by atoms with E-state index in [0.29, 0.717) is 27.7 Å². The molecule has 0 radical (unpaired) electrons. The van der Waals surface area contributed by atoms with Crippen molar-refractivity contribution in [1.82, 2.24) is 9.55 Å². The van der Waals surface area contributed by atoms with E-state index in [1.54, 1.807) is 72.5 Å². The van der Waals surface area contributed by atoms with Gasteiger partial charge in [0.25, 0.3) is 5.91 Å². The highest BCUT2D eigenvalue weighted by atomic mass is 35.5. The third kappa shape index (κ3) is 3.36. The van der Waals surface area contributed by atoms with Crippen molar-refractivity contribution in [3.63, 3.8) is 0 Å². The van der Waals surface area contributed by atoms with Crippen LogP contribution in [0.5, 0.6) is 0 Å². The predicted molar refractivity (Wildman–Crippen MR) is 92.5 cm³/mol. The molecule has 1 N–H and O–H groups in total. The van der Waals surface area contributed by atoms with E-state index in [1.807, 2.05) is 0 Å². The normalized spacial score (nSPS) is 10.4. The average molecular weight is 340 g/mol. The first-order valence-electron chi connectivity index (χ1n) is 7.23. The second-order valence-corrected chi connectivity index (χ2v) is 5.67. The van der Waals surface area contributed by atoms with Crippen molar-refractivity contribution in [1.29, 1.82) is 0 Å². The van der Waals surface area contributed by atoms with Gasteiger partial charge in [0.2, 0.25) is 5.78 Å². The monoisotopic (exact) mass is 339 g/mol. The number of carbonyl (C=O) groups excluding carboxylic acids is 2. The minimum Gasteiger partial charge on any atom is -0.331 e. The number of rotatable bonds is 4. The highest BCUT2D eigenvalue weighted by molar-refractivity contribution is 6.30. The van der Waals surface area contributed by atoms with Crippen LogP contribution >= 0.6 is 11.6 Å². The summed E-state index contributed by atoms with van der Waals surface area (Å²) in [5, 5.41) is 3.35. The summed E-state index contributed by atoms with van der Waals surface area (Å²) >= 11 is 5.81. The quantitative estimate of drug-likeness (QED) is 0.739. The summed E-state index contributed by atoms with van der Waals surface area (Å²) in [6.07, 6.45) is 3.29. The highest BCUT2D eigenvalue weighted by Crippen LogP contribution is 2.15. The van der Waals surface area contributed by atoms with E-state index in [9.17, 15) is 9.59 Å². The number of aromatic nitrogens is 2. The van der Waals surface area contributed by atoms with E-state index < -0.39 is 0 Å². The van der Waals surface area contributed by atoms with Crippen LogP contribution in [0.25, 0.3) is 0 Å². The molecule has 0 atom stereocenters. The van der Waals surface area contributed by atoms with Crippen LogP contribution in [0.15, 0.2) is 60.9 Å². The first kappa shape index (κ1) is 16.0. The molecule has 5 nitrogen and oxygen atoms in total. The third-order valence-electron chi connectivity index (χ3n) is 3.54. The van der Waals surface area contributed by atoms with E-state index in [2.05, 4.69) is 10.3 Å². The zero-order chi connectivity index (χ0) is 17.1. The van der Waals surface area contributed by atoms with Crippen LogP contribution in [-0.4, -0.2) is 21.2 Å². The first-order chi connectivity index (χ1) is 11.5. The van der Waals surface area contributed by atoms with Crippen molar-refractivity contribution in [2.24, 2.45) is 7.05 Å². The van der Waals surface area contributed by atoms with Gasteiger partial charge in [0.05, 0.1) is 0 Å². The van der Waals surface area contributed by atoms with Gasteiger partial charge in [0.1, 0.15) is 0 Å². The number of imidazole rings is 1. The maximum atomic E-state index is 12.3. The van der Waals surface area contributed by atoms with Gasteiger partial charge >= 0.3 is 0 Å². The molecule has 1 aromatic heterocycles. The lowest BCUT2D eigenvalue weighted by molar-refractivity contribution is 0.102. The number of halogens is 1. The van der Waals surface area contributed by atoms with Crippen LogP contribution in [0.4, 0.5) is 5.69 Å². The van der Waals surface area contributed by atoms with Crippen LogP contribution in [-0.2, 0) is 7.05 Å². The molecule has 1 amide bonds. The van der Waals surface area contributed by atoms with Gasteiger partial charge < -0.3 is 9.88 Å². The molecule has 2 aromatic carbocycles. The van der Waals surface area contributed by atoms with Crippen molar-refractivity contribution in [2.75, 3.05) is 5.32 Å². The molecule has 24 heavy (non-hydrogen) atoms. The average Bonchev–Trinajstić information content (AvgIpc) is 3.01. The second-order valence-electron chi connectivity index (χ2n) is 5.23. The Morgan fingerprint density at radius 1 is 1.00 bits per heavy atom. The number of aryl methyl sites for hydroxylation is 1. The number of hydrogen-bond donors (Lipinski definition) is 1. The lowest BCUT2D eigenvalue weighted by atomic mass is 10.1. The van der Waals surface area contributed by atoms with Gasteiger partial charge in [0.15, 0.2) is 5.82 Å². The number of ketones is 1. The molecule has 0 aliphatic carbocycles. The number of nitrogens with one attached hydrogen (secondary N) is 1. The minimum absolute atomic E-state index is 0.168. The number of nitrogens with zero attached hydrogens (tertiary/aromatic N) is 2. The molecule has 3 rings (SSSR count). The van der Waals surface area contributed by atoms with Gasteiger partial charge in [-0.25, -0.2) is 4.98 Å². The molecule has 1 heterocycles. The Kier molecular flexibility index (Phi) is 4.44. The minimum atomic E-state index is -0.241. The summed E-state index contributed by atoms with van der Waals surface area (Å²) in [6, 6.07) is 13.3. The molecule has 0 fully saturated rings. The molecule has 0 aliphatic rings. The van der Waals surface area contributed by atoms with E-state index in [-0.39, 0.29) is 11.7 Å². The van der Waals surface area contributed by atoms with Crippen molar-refractivity contribution in [2.45, 2.75) is 0 Å². The Hall–Kier alpha value is -2.92. The van der Waals surface area contributed by atoms with Crippen molar-refractivity contribution in [3.05, 3.63) is 82.9 Å². The molecule has 6 heteroatoms. The van der Waals surface area contributed by atoms with Gasteiger partial charge in [-0.1, -0.05) is 11.6 Å². The SMILES string of the molecule is Cn1ccnc1C(=O)c1ccc(NC(=O)c2ccc(Cl)cc2)cc1. The van der Waals surface area contributed by atoms with Gasteiger partial charge in [-0.05, 0) is 48.5 Å². The molecule has 0 bridgehead atoms. The Bertz CT molecular complexity index is 883. The number of benzene rings is 2. The Morgan fingerprint density at radius 2 is 1.62 bits per heavy atom. The zero-order valence-corrected chi connectivity index (χ0v) is 13.6. The molecule has 120 valence electrons. The van der Waals surface area contributed by atoms with Gasteiger partial charge in [-0.3, -0.25) is 9.59 Å². The summed E-state index contributed by atoms with van der Waals surface area (Å²) in [7, 11) is 1.76. The first-order valence-corrected chi connectivity index (χ1v) is 7.61. The fourth-order valence-corrected chi connectivity index (χ4v) is 2.35. The van der Waals surface area contributed by atoms with Gasteiger partial charge in [-0.15, -0.1) is 0 Å². The van der Waals surface area contributed by atoms with Gasteiger partial charge in [-0.2, -0.15) is 0 Å². The van der Waals surface area contributed by atoms with E-state index in [0.717, 1.165) is 0 Å². The summed E-state index contributed by atoms with van der Waals surface area (Å²) in [6.45, 7) is 0. The van der Waals surface area contributed by atoms with Crippen LogP contribution in [0.1, 0.15) is 26.5 Å². The highest BCUT2D eigenvalue weighted by Gasteiger charge is 2.13. The lowest BCUT2D eigenvalue weighted by Crippen LogP contribution is -2.12. The predicted octanol–water partition coefficient (Wildman–Crippen LogP) is 3.56. The number of hydrogen-bond acceptors (Lipinski definition) is 3. The molecule has 0 unspecified atom stereocenters. The third-order valence-corrected chi connectivity index (χ3v) is 3.79. The largest absolute Gasteiger partial charge is 0.331 e. The topological polar surface area (TPSA) is 64.0 Å². The maximum absolute atomic E-state index is 12.3. The molecule has 0 spiro atoms. The van der Waals surface area contributed by atoms with Crippen molar-refractivity contribution < 1.29 is 9.59 Å². The standard InChI is InChI=1S/C18H14ClN3O2/c1-22-11-10-20-17(22)16(23)12-4-8-15(9-5-12)21-18(24)13-2-6-14(19)7-3-13/h2-11H,1H3,(H,21,24). The molecule has 0 saturated carbocycles. The zero-order valence-electron chi connectivity index (χ0n) is 12.9. The second kappa shape index (κ2) is 6.68. The van der Waals surface area contributed by atoms with Crippen LogP contribution < -0.4 is 5.32 Å². The maximum Gasteiger partial charge on any atom is 0.255 e. The van der Waals surface area contributed by atoms with Gasteiger partial charge in [0, 0.05) is 41.3 Å². The number of anilines is 1. The molecule has 3 aromatic rings. The van der Waals surface area contributed by atoms with Crippen molar-refractivity contribution >= 4 is 29.0 Å². The van der Waals surface area contributed by atoms with E-state index in [4.69, 9.17) is 11.6 Å². The number of amides is 1. The Morgan fingerprint density at radius 3 is 2.21 bits per heavy atom. The molecule has 0 aliphatic heterocycles. The molecular weight excluding hydrogens is 326 g/mol. The smallest absolute Gasteiger partial charge is 0.255 e. The van der Waals surface area contributed by atoms with Crippen molar-refractivity contribution in [3.8, 4) is 0 Å². The summed E-state index contributed by atoms with van der Waals surface area (Å²) < 4.78 is 1.67. The lowest BCUT2D eigenvalue weighted by Gasteiger charge is -2.07. The van der Waals surface area contributed by atoms with Crippen LogP contribution in [0, 0.1) is 0 Å². The Labute approximate surface area is 143 Å². The molecule has 0 saturated heterocycles. The molecular formula is C18H14ClN3O2. The summed E-state index contributed by atoms with van der Waals surface area (Å²) in [5.74, 6) is -0.0409. The number of carbonyl (C=O) groups is 2. The van der Waals surface area contributed by atoms with Crippen LogP contribution in [0.3, 0.4) is 0 Å². The fourth-order valence-electron chi connectivity index (χ4n) is 2.22. The summed E-state index contributed by atoms with van der Waals surface area (Å²) in [5.41, 5.74) is 1.62. The van der Waals surface area contributed by atoms with E-state index in [1.165, 1.54) is 0 Å². The Balaban J connectivity index is 1.73. The summed E-state index contributed by atoms with van der Waals surface area (Å²) in [4.78, 5) is 28.5. The van der Waals surface area contributed by atoms with Crippen LogP contribution in [0.2, 0.25) is 5.02 Å². The van der Waals surface area contributed by atoms with E-state index >= 15 is 0 Å².